The van der Waals surface area contributed by atoms with Crippen LogP contribution in [-0.2, 0) is 32.6 Å². The van der Waals surface area contributed by atoms with Crippen molar-refractivity contribution in [2.24, 2.45) is 23.7 Å². The molecule has 10 heteroatoms. The second-order valence-corrected chi connectivity index (χ2v) is 14.8. The Kier molecular flexibility index (Phi) is 10.3. The van der Waals surface area contributed by atoms with Gasteiger partial charge in [-0.15, -0.1) is 0 Å². The van der Waals surface area contributed by atoms with E-state index in [4.69, 9.17) is 21.1 Å². The molecule has 2 bridgehead atoms. The first-order chi connectivity index (χ1) is 20.7. The van der Waals surface area contributed by atoms with E-state index in [1.807, 2.05) is 25.1 Å². The molecular weight excluding hydrogens is 588 g/mol. The van der Waals surface area contributed by atoms with Crippen molar-refractivity contribution in [3.05, 3.63) is 58.1 Å². The Bertz CT molecular complexity index is 1420. The Morgan fingerprint density at radius 1 is 1.07 bits per heavy atom. The second kappa shape index (κ2) is 14.0. The predicted octanol–water partition coefficient (Wildman–Crippen LogP) is 5.80. The number of hydrogen-bond donors (Lipinski definition) is 1. The molecule has 2 aromatic carbocycles. The molecule has 8 nitrogen and oxygen atoms in total. The summed E-state index contributed by atoms with van der Waals surface area (Å²) < 4.78 is 41.0. The zero-order valence-electron chi connectivity index (χ0n) is 25.1. The molecule has 0 radical (unpaired) electrons. The van der Waals surface area contributed by atoms with Crippen LogP contribution in [0.4, 0.5) is 5.69 Å². The van der Waals surface area contributed by atoms with Crippen LogP contribution in [0, 0.1) is 23.7 Å². The quantitative estimate of drug-likeness (QED) is 0.428. The van der Waals surface area contributed by atoms with E-state index in [-0.39, 0.29) is 24.0 Å². The molecule has 43 heavy (non-hydrogen) atoms. The van der Waals surface area contributed by atoms with Gasteiger partial charge >= 0.3 is 0 Å². The van der Waals surface area contributed by atoms with Gasteiger partial charge in [0.05, 0.1) is 12.3 Å². The lowest BCUT2D eigenvalue weighted by atomic mass is 9.66. The number of fused-ring (bicyclic) bond motifs is 3. The summed E-state index contributed by atoms with van der Waals surface area (Å²) >= 11 is 6.31. The van der Waals surface area contributed by atoms with Gasteiger partial charge in [0.15, 0.2) is 0 Å². The van der Waals surface area contributed by atoms with Gasteiger partial charge in [-0.3, -0.25) is 4.79 Å². The van der Waals surface area contributed by atoms with E-state index in [0.717, 1.165) is 75.6 Å². The maximum Gasteiger partial charge on any atom is 0.264 e. The van der Waals surface area contributed by atoms with Crippen LogP contribution in [0.2, 0.25) is 5.02 Å². The highest BCUT2D eigenvalue weighted by Gasteiger charge is 2.39. The van der Waals surface area contributed by atoms with Crippen LogP contribution >= 0.6 is 11.6 Å². The molecule has 1 amide bonds. The molecule has 1 saturated carbocycles. The summed E-state index contributed by atoms with van der Waals surface area (Å²) in [5.74, 6) is 0.309. The number of carbonyl (C=O) groups is 2. The van der Waals surface area contributed by atoms with Crippen molar-refractivity contribution in [2.45, 2.75) is 70.1 Å². The van der Waals surface area contributed by atoms with E-state index in [9.17, 15) is 18.0 Å². The lowest BCUT2D eigenvalue weighted by Gasteiger charge is -2.43. The molecule has 5 atom stereocenters. The number of nitrogens with one attached hydrogen (secondary N) is 1. The first kappa shape index (κ1) is 31.8. The summed E-state index contributed by atoms with van der Waals surface area (Å²) in [4.78, 5) is 28.0. The molecule has 1 aliphatic carbocycles. The summed E-state index contributed by atoms with van der Waals surface area (Å²) in [5, 5.41) is -0.192. The van der Waals surface area contributed by atoms with E-state index in [2.05, 4.69) is 9.62 Å². The lowest BCUT2D eigenvalue weighted by Crippen LogP contribution is -2.44. The second-order valence-electron chi connectivity index (χ2n) is 12.5. The Morgan fingerprint density at radius 3 is 2.65 bits per heavy atom. The monoisotopic (exact) mass is 630 g/mol. The largest absolute Gasteiger partial charge is 0.487 e. The highest BCUT2D eigenvalue weighted by Crippen LogP contribution is 2.43. The van der Waals surface area contributed by atoms with Crippen molar-refractivity contribution in [3.63, 3.8) is 0 Å². The van der Waals surface area contributed by atoms with Gasteiger partial charge in [0.2, 0.25) is 10.0 Å². The molecule has 2 heterocycles. The molecule has 2 aromatic rings. The minimum Gasteiger partial charge on any atom is -0.487 e. The summed E-state index contributed by atoms with van der Waals surface area (Å²) in [5.41, 5.74) is 3.26. The summed E-state index contributed by atoms with van der Waals surface area (Å²) in [6, 6.07) is 11.0. The first-order valence-corrected chi connectivity index (χ1v) is 17.4. The van der Waals surface area contributed by atoms with Crippen molar-refractivity contribution >= 4 is 39.5 Å². The number of halogens is 1. The normalized spacial score (nSPS) is 28.1. The maximum atomic E-state index is 13.5. The standard InChI is InChI=1S/C33H43ClN2O6S/c1-22-6-5-8-26(19-37)29-13-10-25(29)18-36-15-4-3-7-23-16-28(34)12-9-27(23)20-42-31-14-11-24(17-30(31)36)33(38)35-43(39,40)32(22)21-41-2/h9,11-12,14,16-17,19,22,25-26,29,32H,3-8,10,13,15,18,20-21H2,1-2H3,(H,35,38)/t22-,25-,26?,29+,32+/m0/s1. The Hall–Kier alpha value is -2.62. The average Bonchev–Trinajstić information content (AvgIpc) is 2.99. The van der Waals surface area contributed by atoms with Crippen molar-refractivity contribution in [1.29, 1.82) is 0 Å². The Morgan fingerprint density at radius 2 is 1.91 bits per heavy atom. The fraction of sp³-hybridized carbons (Fsp3) is 0.576. The number of nitrogens with zero attached hydrogens (tertiary/aromatic N) is 1. The third-order valence-corrected chi connectivity index (χ3v) is 11.8. The van der Waals surface area contributed by atoms with Gasteiger partial charge < -0.3 is 19.2 Å². The minimum atomic E-state index is -4.04. The van der Waals surface area contributed by atoms with Crippen molar-refractivity contribution in [3.8, 4) is 5.75 Å². The fourth-order valence-corrected chi connectivity index (χ4v) is 8.77. The molecular formula is C33H43ClN2O6S. The highest BCUT2D eigenvalue weighted by atomic mass is 35.5. The third-order valence-electron chi connectivity index (χ3n) is 9.69. The summed E-state index contributed by atoms with van der Waals surface area (Å²) in [6.07, 6.45) is 8.03. The number of hydrogen-bond acceptors (Lipinski definition) is 7. The predicted molar refractivity (Wildman–Crippen MR) is 168 cm³/mol. The molecule has 5 rings (SSSR count). The van der Waals surface area contributed by atoms with Gasteiger partial charge in [-0.05, 0) is 104 Å². The van der Waals surface area contributed by atoms with Crippen LogP contribution in [0.1, 0.15) is 73.4 Å². The number of aryl methyl sites for hydroxylation is 1. The summed E-state index contributed by atoms with van der Waals surface area (Å²) in [6.45, 7) is 3.70. The molecule has 2 aliphatic heterocycles. The molecule has 234 valence electrons. The topological polar surface area (TPSA) is 102 Å². The smallest absolute Gasteiger partial charge is 0.264 e. The number of ether oxygens (including phenoxy) is 2. The van der Waals surface area contributed by atoms with E-state index >= 15 is 0 Å². The molecule has 1 fully saturated rings. The van der Waals surface area contributed by atoms with Crippen LogP contribution in [0.25, 0.3) is 0 Å². The third kappa shape index (κ3) is 7.37. The highest BCUT2D eigenvalue weighted by molar-refractivity contribution is 7.90. The molecule has 0 aromatic heterocycles. The van der Waals surface area contributed by atoms with Crippen LogP contribution in [-0.4, -0.2) is 52.7 Å². The Balaban J connectivity index is 1.54. The zero-order valence-corrected chi connectivity index (χ0v) is 26.7. The van der Waals surface area contributed by atoms with Crippen LogP contribution in [0.5, 0.6) is 5.75 Å². The number of benzene rings is 2. The van der Waals surface area contributed by atoms with Crippen LogP contribution < -0.4 is 14.4 Å². The average molecular weight is 631 g/mol. The number of methoxy groups -OCH3 is 1. The van der Waals surface area contributed by atoms with Crippen molar-refractivity contribution in [1.82, 2.24) is 4.72 Å². The zero-order chi connectivity index (χ0) is 30.6. The fourth-order valence-electron chi connectivity index (χ4n) is 6.98. The molecule has 0 saturated heterocycles. The van der Waals surface area contributed by atoms with Gasteiger partial charge in [-0.1, -0.05) is 31.0 Å². The van der Waals surface area contributed by atoms with E-state index in [0.29, 0.717) is 35.6 Å². The van der Waals surface area contributed by atoms with Crippen molar-refractivity contribution < 1.29 is 27.5 Å². The van der Waals surface area contributed by atoms with Crippen LogP contribution in [0.3, 0.4) is 0 Å². The van der Waals surface area contributed by atoms with E-state index < -0.39 is 21.2 Å². The molecule has 0 spiro atoms. The number of rotatable bonds is 3. The number of anilines is 1. The van der Waals surface area contributed by atoms with Gasteiger partial charge in [-0.25, -0.2) is 13.1 Å². The SMILES string of the molecule is COC[C@@H]1[C@@H](C)CCCC(C=O)[C@@H]2CC[C@H]2CN2CCCCc3cc(Cl)ccc3COc3ccc(cc32)C(=O)NS1(=O)=O. The van der Waals surface area contributed by atoms with Gasteiger partial charge in [0, 0.05) is 36.7 Å². The lowest BCUT2D eigenvalue weighted by molar-refractivity contribution is -0.115. The maximum absolute atomic E-state index is 13.5. The van der Waals surface area contributed by atoms with Crippen LogP contribution in [0.15, 0.2) is 36.4 Å². The Labute approximate surface area is 260 Å². The molecule has 1 unspecified atom stereocenters. The van der Waals surface area contributed by atoms with E-state index in [1.54, 1.807) is 18.2 Å². The number of carbonyl (C=O) groups excluding carboxylic acids is 2. The van der Waals surface area contributed by atoms with Gasteiger partial charge in [-0.2, -0.15) is 0 Å². The van der Waals surface area contributed by atoms with Gasteiger partial charge in [0.25, 0.3) is 5.91 Å². The van der Waals surface area contributed by atoms with Crippen molar-refractivity contribution in [2.75, 3.05) is 31.7 Å². The van der Waals surface area contributed by atoms with Gasteiger partial charge in [0.1, 0.15) is 23.9 Å². The number of sulfonamides is 1. The number of amides is 1. The summed E-state index contributed by atoms with van der Waals surface area (Å²) in [7, 11) is -2.57. The minimum absolute atomic E-state index is 0.0237. The van der Waals surface area contributed by atoms with E-state index in [1.165, 1.54) is 12.7 Å². The number of aldehydes is 1. The first-order valence-electron chi connectivity index (χ1n) is 15.5. The molecule has 1 N–H and O–H groups in total. The molecule has 3 aliphatic rings.